The summed E-state index contributed by atoms with van der Waals surface area (Å²) >= 11 is 0. The number of aryl methyl sites for hydroxylation is 2. The topological polar surface area (TPSA) is 92.7 Å². The van der Waals surface area contributed by atoms with Gasteiger partial charge in [0, 0.05) is 0 Å². The summed E-state index contributed by atoms with van der Waals surface area (Å²) in [5.74, 6) is -0.576. The third-order valence-electron chi connectivity index (χ3n) is 3.46. The lowest BCUT2D eigenvalue weighted by atomic mass is 10.1. The maximum absolute atomic E-state index is 12.7. The summed E-state index contributed by atoms with van der Waals surface area (Å²) in [6, 6.07) is 9.05. The molecule has 0 heterocycles. The number of sulfonamides is 1. The van der Waals surface area contributed by atoms with E-state index in [9.17, 15) is 18.3 Å². The van der Waals surface area contributed by atoms with E-state index in [4.69, 9.17) is 4.74 Å². The molecule has 2 rings (SSSR count). The Morgan fingerprint density at radius 3 is 2.46 bits per heavy atom. The molecule has 7 heteroatoms. The van der Waals surface area contributed by atoms with Crippen LogP contribution in [0.1, 0.15) is 28.4 Å². The molecule has 0 bridgehead atoms. The van der Waals surface area contributed by atoms with Gasteiger partial charge in [-0.2, -0.15) is 0 Å². The lowest BCUT2D eigenvalue weighted by Gasteiger charge is -2.15. The minimum absolute atomic E-state index is 0.0240. The van der Waals surface area contributed by atoms with Crippen molar-refractivity contribution in [3.8, 4) is 5.75 Å². The van der Waals surface area contributed by atoms with Gasteiger partial charge in [-0.1, -0.05) is 12.1 Å². The minimum atomic E-state index is -3.92. The zero-order chi connectivity index (χ0) is 17.9. The van der Waals surface area contributed by atoms with Gasteiger partial charge in [0.25, 0.3) is 10.0 Å². The van der Waals surface area contributed by atoms with Crippen LogP contribution in [-0.4, -0.2) is 26.1 Å². The Labute approximate surface area is 141 Å². The van der Waals surface area contributed by atoms with Crippen LogP contribution in [0.4, 0.5) is 5.69 Å². The first-order valence-corrected chi connectivity index (χ1v) is 8.83. The second-order valence-corrected chi connectivity index (χ2v) is 6.92. The van der Waals surface area contributed by atoms with E-state index in [0.29, 0.717) is 23.5 Å². The fourth-order valence-electron chi connectivity index (χ4n) is 2.32. The quantitative estimate of drug-likeness (QED) is 0.835. The zero-order valence-corrected chi connectivity index (χ0v) is 14.5. The molecule has 0 saturated carbocycles. The number of rotatable bonds is 6. The minimum Gasteiger partial charge on any atom is -0.494 e. The van der Waals surface area contributed by atoms with E-state index >= 15 is 0 Å². The molecule has 0 aromatic heterocycles. The number of benzene rings is 2. The molecule has 6 nitrogen and oxygen atoms in total. The summed E-state index contributed by atoms with van der Waals surface area (Å²) in [6.45, 7) is 5.76. The summed E-state index contributed by atoms with van der Waals surface area (Å²) in [7, 11) is -3.92. The Hall–Kier alpha value is -2.54. The molecule has 0 aliphatic heterocycles. The average Bonchev–Trinajstić information content (AvgIpc) is 2.50. The smallest absolute Gasteiger partial charge is 0.337 e. The van der Waals surface area contributed by atoms with E-state index in [1.165, 1.54) is 24.3 Å². The molecule has 0 spiro atoms. The number of nitrogens with one attached hydrogen (secondary N) is 1. The maximum Gasteiger partial charge on any atom is 0.337 e. The summed E-state index contributed by atoms with van der Waals surface area (Å²) in [5.41, 5.74) is 1.12. The number of para-hydroxylation sites is 1. The van der Waals surface area contributed by atoms with E-state index in [-0.39, 0.29) is 16.1 Å². The number of ether oxygens (including phenoxy) is 1. The molecule has 128 valence electrons. The standard InChI is InChI=1S/C17H19NO5S/c1-4-23-15-9-12(3)16(10-11(15)2)24(21,22)18-14-8-6-5-7-13(14)17(19)20/h5-10,18H,4H2,1-3H3,(H,19,20). The lowest BCUT2D eigenvalue weighted by Crippen LogP contribution is -2.17. The summed E-state index contributed by atoms with van der Waals surface area (Å²) < 4.78 is 33.2. The van der Waals surface area contributed by atoms with Crippen molar-refractivity contribution >= 4 is 21.7 Å². The molecule has 0 atom stereocenters. The van der Waals surface area contributed by atoms with Crippen molar-refractivity contribution in [1.29, 1.82) is 0 Å². The van der Waals surface area contributed by atoms with Gasteiger partial charge >= 0.3 is 5.97 Å². The van der Waals surface area contributed by atoms with Gasteiger partial charge < -0.3 is 9.84 Å². The highest BCUT2D eigenvalue weighted by Gasteiger charge is 2.21. The van der Waals surface area contributed by atoms with Crippen molar-refractivity contribution in [3.63, 3.8) is 0 Å². The van der Waals surface area contributed by atoms with Crippen LogP contribution < -0.4 is 9.46 Å². The van der Waals surface area contributed by atoms with Gasteiger partial charge in [-0.05, 0) is 56.2 Å². The number of aromatic carboxylic acids is 1. The van der Waals surface area contributed by atoms with Crippen LogP contribution in [-0.2, 0) is 10.0 Å². The predicted molar refractivity (Wildman–Crippen MR) is 91.3 cm³/mol. The molecule has 2 N–H and O–H groups in total. The van der Waals surface area contributed by atoms with E-state index in [2.05, 4.69) is 4.72 Å². The van der Waals surface area contributed by atoms with Crippen molar-refractivity contribution in [3.05, 3.63) is 53.1 Å². The normalized spacial score (nSPS) is 11.1. The maximum atomic E-state index is 12.7. The fraction of sp³-hybridized carbons (Fsp3) is 0.235. The van der Waals surface area contributed by atoms with Crippen molar-refractivity contribution in [2.45, 2.75) is 25.7 Å². The number of carbonyl (C=O) groups is 1. The van der Waals surface area contributed by atoms with Crippen molar-refractivity contribution < 1.29 is 23.1 Å². The lowest BCUT2D eigenvalue weighted by molar-refractivity contribution is 0.0698. The zero-order valence-electron chi connectivity index (χ0n) is 13.7. The average molecular weight is 349 g/mol. The largest absolute Gasteiger partial charge is 0.494 e. The summed E-state index contributed by atoms with van der Waals surface area (Å²) in [4.78, 5) is 11.3. The van der Waals surface area contributed by atoms with Crippen LogP contribution in [0.5, 0.6) is 5.75 Å². The molecule has 0 saturated heterocycles. The number of hydrogen-bond acceptors (Lipinski definition) is 4. The van der Waals surface area contributed by atoms with Gasteiger partial charge in [-0.15, -0.1) is 0 Å². The fourth-order valence-corrected chi connectivity index (χ4v) is 3.71. The first-order valence-electron chi connectivity index (χ1n) is 7.35. The number of carboxylic acid groups (broad SMARTS) is 1. The highest BCUT2D eigenvalue weighted by Crippen LogP contribution is 2.28. The molecule has 2 aromatic rings. The first-order chi connectivity index (χ1) is 11.3. The van der Waals surface area contributed by atoms with Gasteiger partial charge in [0.1, 0.15) is 5.75 Å². The highest BCUT2D eigenvalue weighted by molar-refractivity contribution is 7.92. The second kappa shape index (κ2) is 6.92. The van der Waals surface area contributed by atoms with Gasteiger partial charge in [0.15, 0.2) is 0 Å². The van der Waals surface area contributed by atoms with Crippen LogP contribution in [0, 0.1) is 13.8 Å². The van der Waals surface area contributed by atoms with Crippen molar-refractivity contribution in [2.24, 2.45) is 0 Å². The molecule has 0 fully saturated rings. The Morgan fingerprint density at radius 1 is 1.17 bits per heavy atom. The van der Waals surface area contributed by atoms with Gasteiger partial charge in [0.2, 0.25) is 0 Å². The molecule has 24 heavy (non-hydrogen) atoms. The molecule has 0 aliphatic rings. The van der Waals surface area contributed by atoms with Gasteiger partial charge in [-0.3, -0.25) is 4.72 Å². The third kappa shape index (κ3) is 3.68. The molecular formula is C17H19NO5S. The monoisotopic (exact) mass is 349 g/mol. The first kappa shape index (κ1) is 17.8. The van der Waals surface area contributed by atoms with Gasteiger partial charge in [-0.25, -0.2) is 13.2 Å². The Kier molecular flexibility index (Phi) is 5.14. The van der Waals surface area contributed by atoms with E-state index < -0.39 is 16.0 Å². The third-order valence-corrected chi connectivity index (χ3v) is 4.97. The van der Waals surface area contributed by atoms with Crippen LogP contribution >= 0.6 is 0 Å². The van der Waals surface area contributed by atoms with Crippen LogP contribution in [0.15, 0.2) is 41.3 Å². The molecule has 0 unspecified atom stereocenters. The molecule has 0 radical (unpaired) electrons. The Morgan fingerprint density at radius 2 is 1.83 bits per heavy atom. The molecule has 0 amide bonds. The van der Waals surface area contributed by atoms with Gasteiger partial charge in [0.05, 0.1) is 22.8 Å². The predicted octanol–water partition coefficient (Wildman–Crippen LogP) is 3.20. The van der Waals surface area contributed by atoms with Crippen molar-refractivity contribution in [2.75, 3.05) is 11.3 Å². The van der Waals surface area contributed by atoms with Crippen LogP contribution in [0.25, 0.3) is 0 Å². The summed E-state index contributed by atoms with van der Waals surface area (Å²) in [5, 5.41) is 9.18. The van der Waals surface area contributed by atoms with E-state index in [0.717, 1.165) is 0 Å². The SMILES string of the molecule is CCOc1cc(C)c(S(=O)(=O)Nc2ccccc2C(=O)O)cc1C. The molecule has 0 aliphatic carbocycles. The van der Waals surface area contributed by atoms with Crippen LogP contribution in [0.2, 0.25) is 0 Å². The molecule has 2 aromatic carbocycles. The number of carboxylic acids is 1. The van der Waals surface area contributed by atoms with E-state index in [1.54, 1.807) is 26.0 Å². The van der Waals surface area contributed by atoms with E-state index in [1.807, 2.05) is 6.92 Å². The Bertz CT molecular complexity index is 875. The summed E-state index contributed by atoms with van der Waals surface area (Å²) in [6.07, 6.45) is 0. The van der Waals surface area contributed by atoms with Crippen LogP contribution in [0.3, 0.4) is 0 Å². The number of anilines is 1. The van der Waals surface area contributed by atoms with Crippen molar-refractivity contribution in [1.82, 2.24) is 0 Å². The Balaban J connectivity index is 2.45. The second-order valence-electron chi connectivity index (χ2n) is 5.27. The molecular weight excluding hydrogens is 330 g/mol. The highest BCUT2D eigenvalue weighted by atomic mass is 32.2. The number of hydrogen-bond donors (Lipinski definition) is 2.